The molecule has 6 heteroatoms. The number of amides is 2. The predicted octanol–water partition coefficient (Wildman–Crippen LogP) is 2.58. The van der Waals surface area contributed by atoms with E-state index >= 15 is 0 Å². The van der Waals surface area contributed by atoms with Crippen LogP contribution < -0.4 is 0 Å². The zero-order valence-corrected chi connectivity index (χ0v) is 16.2. The summed E-state index contributed by atoms with van der Waals surface area (Å²) in [6.07, 6.45) is 2.78. The van der Waals surface area contributed by atoms with Crippen molar-refractivity contribution in [2.24, 2.45) is 5.92 Å². The van der Waals surface area contributed by atoms with E-state index in [0.29, 0.717) is 24.0 Å². The molecule has 2 aromatic rings. The van der Waals surface area contributed by atoms with E-state index in [1.54, 1.807) is 20.2 Å². The summed E-state index contributed by atoms with van der Waals surface area (Å²) in [4.78, 5) is 37.2. The van der Waals surface area contributed by atoms with E-state index in [2.05, 4.69) is 9.97 Å². The third-order valence-electron chi connectivity index (χ3n) is 4.84. The Balaban J connectivity index is 1.71. The number of aromatic nitrogens is 2. The highest BCUT2D eigenvalue weighted by molar-refractivity contribution is 5.94. The van der Waals surface area contributed by atoms with Gasteiger partial charge in [0.05, 0.1) is 0 Å². The molecule has 2 amide bonds. The van der Waals surface area contributed by atoms with Crippen LogP contribution in [0.4, 0.5) is 0 Å². The molecule has 1 atom stereocenters. The normalized spacial score (nSPS) is 16.9. The summed E-state index contributed by atoms with van der Waals surface area (Å²) in [6, 6.07) is 11.2. The Hall–Kier alpha value is -2.76. The number of benzene rings is 1. The Kier molecular flexibility index (Phi) is 5.84. The lowest BCUT2D eigenvalue weighted by molar-refractivity contribution is 0.0672. The van der Waals surface area contributed by atoms with Crippen LogP contribution in [-0.2, 0) is 6.42 Å². The molecule has 142 valence electrons. The largest absolute Gasteiger partial charge is 0.343 e. The fourth-order valence-electron chi connectivity index (χ4n) is 3.55. The molecule has 1 aliphatic rings. The van der Waals surface area contributed by atoms with Gasteiger partial charge in [0.2, 0.25) is 0 Å². The average molecular weight is 366 g/mol. The highest BCUT2D eigenvalue weighted by Crippen LogP contribution is 2.22. The quantitative estimate of drug-likeness (QED) is 0.834. The number of rotatable bonds is 4. The van der Waals surface area contributed by atoms with Gasteiger partial charge < -0.3 is 9.80 Å². The molecule has 1 saturated heterocycles. The maximum Gasteiger partial charge on any atom is 0.272 e. The van der Waals surface area contributed by atoms with Gasteiger partial charge in [-0.2, -0.15) is 0 Å². The van der Waals surface area contributed by atoms with Crippen molar-refractivity contribution < 1.29 is 9.59 Å². The molecular weight excluding hydrogens is 340 g/mol. The minimum absolute atomic E-state index is 0.0858. The van der Waals surface area contributed by atoms with E-state index < -0.39 is 0 Å². The van der Waals surface area contributed by atoms with Gasteiger partial charge in [0.15, 0.2) is 0 Å². The lowest BCUT2D eigenvalue weighted by atomic mass is 9.92. The van der Waals surface area contributed by atoms with Gasteiger partial charge in [-0.1, -0.05) is 18.2 Å². The monoisotopic (exact) mass is 366 g/mol. The summed E-state index contributed by atoms with van der Waals surface area (Å²) in [5.41, 5.74) is 2.03. The van der Waals surface area contributed by atoms with Crippen LogP contribution in [0.2, 0.25) is 0 Å². The second-order valence-electron chi connectivity index (χ2n) is 7.32. The fraction of sp³-hybridized carbons (Fsp3) is 0.429. The van der Waals surface area contributed by atoms with Gasteiger partial charge in [0.25, 0.3) is 11.8 Å². The number of carbonyl (C=O) groups excluding carboxylic acids is 2. The first-order valence-corrected chi connectivity index (χ1v) is 9.34. The standard InChI is InChI=1S/C21H26N4O2/c1-15-22-18(13-19(23-15)21(27)24(2)3)12-16-8-7-11-25(14-16)20(26)17-9-5-4-6-10-17/h4-6,9-10,13,16H,7-8,11-12,14H2,1-3H3/t16-/m1/s1. The number of carbonyl (C=O) groups is 2. The second-order valence-corrected chi connectivity index (χ2v) is 7.32. The molecule has 0 aliphatic carbocycles. The van der Waals surface area contributed by atoms with E-state index in [0.717, 1.165) is 37.1 Å². The number of nitrogens with zero attached hydrogens (tertiary/aromatic N) is 4. The molecule has 1 aromatic heterocycles. The molecular formula is C21H26N4O2. The topological polar surface area (TPSA) is 66.4 Å². The Morgan fingerprint density at radius 2 is 1.93 bits per heavy atom. The van der Waals surface area contributed by atoms with Gasteiger partial charge in [0, 0.05) is 38.4 Å². The highest BCUT2D eigenvalue weighted by atomic mass is 16.2. The van der Waals surface area contributed by atoms with E-state index in [1.807, 2.05) is 42.2 Å². The van der Waals surface area contributed by atoms with Gasteiger partial charge in [-0.25, -0.2) is 9.97 Å². The van der Waals surface area contributed by atoms with Crippen LogP contribution in [0.1, 0.15) is 45.2 Å². The number of hydrogen-bond donors (Lipinski definition) is 0. The molecule has 27 heavy (non-hydrogen) atoms. The highest BCUT2D eigenvalue weighted by Gasteiger charge is 2.25. The van der Waals surface area contributed by atoms with E-state index in [4.69, 9.17) is 0 Å². The zero-order chi connectivity index (χ0) is 19.4. The molecule has 0 saturated carbocycles. The number of piperidine rings is 1. The van der Waals surface area contributed by atoms with Crippen molar-refractivity contribution in [1.29, 1.82) is 0 Å². The maximum absolute atomic E-state index is 12.7. The Labute approximate surface area is 160 Å². The van der Waals surface area contributed by atoms with Gasteiger partial charge in [-0.15, -0.1) is 0 Å². The van der Waals surface area contributed by atoms with E-state index in [-0.39, 0.29) is 11.8 Å². The first-order chi connectivity index (χ1) is 12.9. The molecule has 0 radical (unpaired) electrons. The Morgan fingerprint density at radius 3 is 2.63 bits per heavy atom. The van der Waals surface area contributed by atoms with Crippen molar-refractivity contribution in [3.05, 3.63) is 59.2 Å². The van der Waals surface area contributed by atoms with Crippen LogP contribution >= 0.6 is 0 Å². The lowest BCUT2D eigenvalue weighted by Crippen LogP contribution is -2.40. The van der Waals surface area contributed by atoms with Crippen LogP contribution in [0.25, 0.3) is 0 Å². The summed E-state index contributed by atoms with van der Waals surface area (Å²) < 4.78 is 0. The molecule has 1 aliphatic heterocycles. The van der Waals surface area contributed by atoms with Crippen LogP contribution in [0.15, 0.2) is 36.4 Å². The van der Waals surface area contributed by atoms with Crippen molar-refractivity contribution in [3.8, 4) is 0 Å². The van der Waals surface area contributed by atoms with Crippen molar-refractivity contribution in [3.63, 3.8) is 0 Å². The zero-order valence-electron chi connectivity index (χ0n) is 16.2. The van der Waals surface area contributed by atoms with E-state index in [1.165, 1.54) is 4.90 Å². The molecule has 3 rings (SSSR count). The van der Waals surface area contributed by atoms with Gasteiger partial charge in [-0.05, 0) is 50.3 Å². The summed E-state index contributed by atoms with van der Waals surface area (Å²) in [5, 5.41) is 0. The molecule has 0 spiro atoms. The first-order valence-electron chi connectivity index (χ1n) is 9.34. The summed E-state index contributed by atoms with van der Waals surface area (Å²) >= 11 is 0. The average Bonchev–Trinajstić information content (AvgIpc) is 2.67. The number of aryl methyl sites for hydroxylation is 1. The van der Waals surface area contributed by atoms with Crippen molar-refractivity contribution in [2.45, 2.75) is 26.2 Å². The van der Waals surface area contributed by atoms with Crippen LogP contribution in [0.3, 0.4) is 0 Å². The SMILES string of the molecule is Cc1nc(C[C@H]2CCCN(C(=O)c3ccccc3)C2)cc(C(=O)N(C)C)n1. The van der Waals surface area contributed by atoms with Crippen LogP contribution in [0.5, 0.6) is 0 Å². The second kappa shape index (κ2) is 8.29. The third-order valence-corrected chi connectivity index (χ3v) is 4.84. The van der Waals surface area contributed by atoms with Crippen LogP contribution in [-0.4, -0.2) is 58.8 Å². The number of likely N-dealkylation sites (tertiary alicyclic amines) is 1. The molecule has 1 fully saturated rings. The molecule has 0 N–H and O–H groups in total. The van der Waals surface area contributed by atoms with Gasteiger partial charge in [0.1, 0.15) is 11.5 Å². The number of hydrogen-bond acceptors (Lipinski definition) is 4. The van der Waals surface area contributed by atoms with Crippen LogP contribution in [0, 0.1) is 12.8 Å². The summed E-state index contributed by atoms with van der Waals surface area (Å²) in [7, 11) is 3.43. The molecule has 2 heterocycles. The minimum atomic E-state index is -0.119. The maximum atomic E-state index is 12.7. The van der Waals surface area contributed by atoms with Crippen molar-refractivity contribution in [1.82, 2.24) is 19.8 Å². The third kappa shape index (κ3) is 4.70. The predicted molar refractivity (Wildman–Crippen MR) is 104 cm³/mol. The summed E-state index contributed by atoms with van der Waals surface area (Å²) in [6.45, 7) is 3.31. The lowest BCUT2D eigenvalue weighted by Gasteiger charge is -2.33. The Bertz CT molecular complexity index is 820. The summed E-state index contributed by atoms with van der Waals surface area (Å²) in [5.74, 6) is 0.905. The van der Waals surface area contributed by atoms with Crippen molar-refractivity contribution in [2.75, 3.05) is 27.2 Å². The van der Waals surface area contributed by atoms with E-state index in [9.17, 15) is 9.59 Å². The fourth-order valence-corrected chi connectivity index (χ4v) is 3.55. The smallest absolute Gasteiger partial charge is 0.272 e. The molecule has 0 bridgehead atoms. The van der Waals surface area contributed by atoms with Gasteiger partial charge >= 0.3 is 0 Å². The molecule has 6 nitrogen and oxygen atoms in total. The molecule has 1 aromatic carbocycles. The first kappa shape index (κ1) is 19.0. The minimum Gasteiger partial charge on any atom is -0.343 e. The van der Waals surface area contributed by atoms with Crippen molar-refractivity contribution >= 4 is 11.8 Å². The Morgan fingerprint density at radius 1 is 1.19 bits per heavy atom. The van der Waals surface area contributed by atoms with Gasteiger partial charge in [-0.3, -0.25) is 9.59 Å². The molecule has 0 unspecified atom stereocenters.